The summed E-state index contributed by atoms with van der Waals surface area (Å²) in [7, 11) is 1.66. The van der Waals surface area contributed by atoms with Crippen molar-refractivity contribution in [2.45, 2.75) is 50.3 Å². The van der Waals surface area contributed by atoms with Gasteiger partial charge in [0.1, 0.15) is 5.54 Å². The highest BCUT2D eigenvalue weighted by Crippen LogP contribution is 2.43. The van der Waals surface area contributed by atoms with Crippen LogP contribution in [0.2, 0.25) is 0 Å². The molecule has 0 aliphatic carbocycles. The smallest absolute Gasteiger partial charge is 0.237 e. The highest BCUT2D eigenvalue weighted by Gasteiger charge is 2.52. The number of carbonyl (C=O) groups is 2. The van der Waals surface area contributed by atoms with Crippen LogP contribution in [0.25, 0.3) is 0 Å². The van der Waals surface area contributed by atoms with E-state index in [0.717, 1.165) is 19.3 Å². The van der Waals surface area contributed by atoms with E-state index in [2.05, 4.69) is 11.3 Å². The Labute approximate surface area is 119 Å². The molecule has 2 amide bonds. The number of rotatable bonds is 5. The van der Waals surface area contributed by atoms with E-state index >= 15 is 0 Å². The number of nitrogens with zero attached hydrogens (tertiary/aromatic N) is 2. The van der Waals surface area contributed by atoms with Gasteiger partial charge in [-0.2, -0.15) is 0 Å². The summed E-state index contributed by atoms with van der Waals surface area (Å²) in [5, 5.41) is 10.2. The molecule has 2 heterocycles. The Morgan fingerprint density at radius 1 is 1.60 bits per heavy atom. The Morgan fingerprint density at radius 2 is 2.30 bits per heavy atom. The van der Waals surface area contributed by atoms with Crippen LogP contribution in [0.5, 0.6) is 0 Å². The van der Waals surface area contributed by atoms with E-state index in [1.54, 1.807) is 7.05 Å². The van der Waals surface area contributed by atoms with Gasteiger partial charge in [0, 0.05) is 33.1 Å². The standard InChI is InChI=1S/C14H24N3O3/c1-10(18)16(2)8-12(19)9-17-11-4-3-6-14(17,7-5-11)13(15)20/h3,11-12,19H,4-9H2,1-2H3,(H2,15,20)/t11-,12+,14+/m1/s1. The fourth-order valence-electron chi connectivity index (χ4n) is 3.45. The van der Waals surface area contributed by atoms with E-state index in [1.165, 1.54) is 11.8 Å². The lowest BCUT2D eigenvalue weighted by molar-refractivity contribution is -0.133. The zero-order chi connectivity index (χ0) is 14.9. The molecular weight excluding hydrogens is 258 g/mol. The molecule has 3 atom stereocenters. The minimum Gasteiger partial charge on any atom is -0.390 e. The summed E-state index contributed by atoms with van der Waals surface area (Å²) >= 11 is 0. The number of hydrogen-bond donors (Lipinski definition) is 2. The second kappa shape index (κ2) is 5.69. The Morgan fingerprint density at radius 3 is 2.90 bits per heavy atom. The lowest BCUT2D eigenvalue weighted by Crippen LogP contribution is -2.60. The fourth-order valence-corrected chi connectivity index (χ4v) is 3.45. The minimum absolute atomic E-state index is 0.0800. The summed E-state index contributed by atoms with van der Waals surface area (Å²) in [6.07, 6.45) is 4.76. The van der Waals surface area contributed by atoms with Crippen LogP contribution in [0, 0.1) is 6.42 Å². The Hall–Kier alpha value is -1.14. The molecule has 0 spiro atoms. The number of carbonyl (C=O) groups excluding carboxylic acids is 2. The molecule has 2 fully saturated rings. The third-order valence-electron chi connectivity index (χ3n) is 4.69. The number of primary amides is 1. The molecule has 6 nitrogen and oxygen atoms in total. The van der Waals surface area contributed by atoms with Crippen molar-refractivity contribution in [1.82, 2.24) is 9.80 Å². The van der Waals surface area contributed by atoms with E-state index in [0.29, 0.717) is 13.0 Å². The summed E-state index contributed by atoms with van der Waals surface area (Å²) < 4.78 is 0. The molecule has 2 rings (SSSR count). The summed E-state index contributed by atoms with van der Waals surface area (Å²) in [6, 6.07) is 0.286. The van der Waals surface area contributed by atoms with E-state index in [1.807, 2.05) is 0 Å². The molecule has 0 aromatic rings. The molecule has 20 heavy (non-hydrogen) atoms. The zero-order valence-electron chi connectivity index (χ0n) is 12.2. The molecule has 0 aromatic heterocycles. The minimum atomic E-state index is -0.665. The average Bonchev–Trinajstić information content (AvgIpc) is 2.59. The van der Waals surface area contributed by atoms with Crippen LogP contribution in [-0.4, -0.2) is 64.5 Å². The van der Waals surface area contributed by atoms with Crippen LogP contribution < -0.4 is 5.73 Å². The van der Waals surface area contributed by atoms with Crippen LogP contribution in [0.15, 0.2) is 0 Å². The van der Waals surface area contributed by atoms with Crippen LogP contribution in [0.4, 0.5) is 0 Å². The Balaban J connectivity index is 2.04. The van der Waals surface area contributed by atoms with Gasteiger partial charge in [0.25, 0.3) is 0 Å². The van der Waals surface area contributed by atoms with Gasteiger partial charge in [-0.05, 0) is 32.1 Å². The van der Waals surface area contributed by atoms with Crippen molar-refractivity contribution in [3.63, 3.8) is 0 Å². The van der Waals surface area contributed by atoms with Crippen molar-refractivity contribution in [2.24, 2.45) is 5.73 Å². The number of aliphatic hydroxyl groups is 1. The van der Waals surface area contributed by atoms with Gasteiger partial charge in [0.15, 0.2) is 0 Å². The van der Waals surface area contributed by atoms with Crippen LogP contribution in [0.3, 0.4) is 0 Å². The molecule has 1 radical (unpaired) electrons. The van der Waals surface area contributed by atoms with Crippen LogP contribution >= 0.6 is 0 Å². The van der Waals surface area contributed by atoms with Gasteiger partial charge < -0.3 is 15.7 Å². The molecule has 3 N–H and O–H groups in total. The molecule has 0 aromatic carbocycles. The van der Waals surface area contributed by atoms with Gasteiger partial charge in [0.2, 0.25) is 11.8 Å². The monoisotopic (exact) mass is 282 g/mol. The van der Waals surface area contributed by atoms with Crippen molar-refractivity contribution < 1.29 is 14.7 Å². The molecule has 2 aliphatic rings. The molecular formula is C14H24N3O3. The normalized spacial score (nSPS) is 31.1. The maximum Gasteiger partial charge on any atom is 0.237 e. The predicted molar refractivity (Wildman–Crippen MR) is 74.5 cm³/mol. The van der Waals surface area contributed by atoms with Gasteiger partial charge >= 0.3 is 0 Å². The number of aliphatic hydroxyl groups excluding tert-OH is 1. The second-order valence-electron chi connectivity index (χ2n) is 6.02. The quantitative estimate of drug-likeness (QED) is 0.712. The van der Waals surface area contributed by atoms with Crippen molar-refractivity contribution >= 4 is 11.8 Å². The van der Waals surface area contributed by atoms with Crippen LogP contribution in [-0.2, 0) is 9.59 Å². The number of nitrogens with two attached hydrogens (primary N) is 1. The van der Waals surface area contributed by atoms with Crippen molar-refractivity contribution in [1.29, 1.82) is 0 Å². The Bertz CT molecular complexity index is 397. The summed E-state index contributed by atoms with van der Waals surface area (Å²) in [4.78, 5) is 26.6. The fraction of sp³-hybridized carbons (Fsp3) is 0.786. The second-order valence-corrected chi connectivity index (χ2v) is 6.02. The third-order valence-corrected chi connectivity index (χ3v) is 4.69. The highest BCUT2D eigenvalue weighted by molar-refractivity contribution is 5.85. The number of hydrogen-bond acceptors (Lipinski definition) is 4. The van der Waals surface area contributed by atoms with Gasteiger partial charge in [0.05, 0.1) is 6.10 Å². The molecule has 0 unspecified atom stereocenters. The molecule has 2 aliphatic heterocycles. The van der Waals surface area contributed by atoms with Gasteiger partial charge in [-0.3, -0.25) is 14.5 Å². The largest absolute Gasteiger partial charge is 0.390 e. The summed E-state index contributed by atoms with van der Waals surface area (Å²) in [6.45, 7) is 2.13. The number of amides is 2. The SMILES string of the molecule is CC(=O)N(C)C[C@H](O)CN1[C@@H]2C[CH]C[C@@]1(C(N)=O)CC2. The first-order valence-electron chi connectivity index (χ1n) is 7.15. The number of fused-ring (bicyclic) bond motifs is 2. The maximum absolute atomic E-state index is 11.9. The average molecular weight is 282 g/mol. The number of likely N-dealkylation sites (N-methyl/N-ethyl adjacent to an activating group) is 1. The van der Waals surface area contributed by atoms with Gasteiger partial charge in [-0.1, -0.05) is 0 Å². The Kier molecular flexibility index (Phi) is 4.34. The highest BCUT2D eigenvalue weighted by atomic mass is 16.3. The third kappa shape index (κ3) is 2.67. The van der Waals surface area contributed by atoms with Gasteiger partial charge in [-0.15, -0.1) is 0 Å². The van der Waals surface area contributed by atoms with Crippen molar-refractivity contribution in [2.75, 3.05) is 20.1 Å². The molecule has 2 bridgehead atoms. The van der Waals surface area contributed by atoms with Crippen molar-refractivity contribution in [3.05, 3.63) is 6.42 Å². The van der Waals surface area contributed by atoms with Crippen molar-refractivity contribution in [3.8, 4) is 0 Å². The van der Waals surface area contributed by atoms with E-state index in [-0.39, 0.29) is 24.4 Å². The lowest BCUT2D eigenvalue weighted by atomic mass is 9.87. The van der Waals surface area contributed by atoms with E-state index in [4.69, 9.17) is 5.73 Å². The topological polar surface area (TPSA) is 86.9 Å². The first-order valence-corrected chi connectivity index (χ1v) is 7.15. The summed E-state index contributed by atoms with van der Waals surface area (Å²) in [5.74, 6) is -0.383. The molecule has 0 saturated carbocycles. The van der Waals surface area contributed by atoms with Crippen LogP contribution in [0.1, 0.15) is 32.6 Å². The van der Waals surface area contributed by atoms with E-state index < -0.39 is 11.6 Å². The lowest BCUT2D eigenvalue weighted by Gasteiger charge is -2.43. The molecule has 2 saturated heterocycles. The summed E-state index contributed by atoms with van der Waals surface area (Å²) in [5.41, 5.74) is 4.98. The molecule has 113 valence electrons. The van der Waals surface area contributed by atoms with Gasteiger partial charge in [-0.25, -0.2) is 0 Å². The number of piperidine rings is 1. The maximum atomic E-state index is 11.9. The predicted octanol–water partition coefficient (Wildman–Crippen LogP) is -0.488. The number of β-amino-alcohol motifs (C(OH)–C–C–N with tert-alkyl or cyclic N) is 1. The first kappa shape index (κ1) is 15.3. The first-order chi connectivity index (χ1) is 9.36. The molecule has 6 heteroatoms. The van der Waals surface area contributed by atoms with E-state index in [9.17, 15) is 14.7 Å². The zero-order valence-corrected chi connectivity index (χ0v) is 12.2.